The number of carbonyl (C=O) groups excluding carboxylic acids is 1. The number of hydrogen-bond donors (Lipinski definition) is 0. The highest BCUT2D eigenvalue weighted by Crippen LogP contribution is 2.36. The second-order valence-corrected chi connectivity index (χ2v) is 7.10. The third kappa shape index (κ3) is 4.71. The maximum absolute atomic E-state index is 12.7. The molecule has 0 atom stereocenters. The van der Waals surface area contributed by atoms with Crippen LogP contribution in [0.3, 0.4) is 0 Å². The number of likely N-dealkylation sites (tertiary alicyclic amines) is 1. The van der Waals surface area contributed by atoms with Crippen molar-refractivity contribution in [1.82, 2.24) is 4.90 Å². The van der Waals surface area contributed by atoms with Gasteiger partial charge >= 0.3 is 0 Å². The van der Waals surface area contributed by atoms with E-state index in [4.69, 9.17) is 18.9 Å². The monoisotopic (exact) mass is 431 g/mol. The Hall–Kier alpha value is -2.70. The molecule has 0 aliphatic carbocycles. The molecule has 6 nitrogen and oxygen atoms in total. The number of carbonyl (C=O) groups is 1. The number of ether oxygens (including phenoxy) is 4. The molecule has 0 N–H and O–H groups in total. The summed E-state index contributed by atoms with van der Waals surface area (Å²) in [5.74, 6) is 2.63. The van der Waals surface area contributed by atoms with Crippen LogP contribution in [0.25, 0.3) is 6.08 Å². The van der Waals surface area contributed by atoms with Gasteiger partial charge < -0.3 is 18.9 Å². The summed E-state index contributed by atoms with van der Waals surface area (Å²) in [7, 11) is 3.17. The van der Waals surface area contributed by atoms with Gasteiger partial charge in [-0.25, -0.2) is 0 Å². The lowest BCUT2D eigenvalue weighted by Crippen LogP contribution is -2.25. The van der Waals surface area contributed by atoms with Crippen LogP contribution in [0.5, 0.6) is 23.0 Å². The Balaban J connectivity index is 0.00000256. The SMILES string of the molecule is COc1ccc(/C=C2\Oc3cc(OCCN4CCCC4)ccc3C2=O)c(OC)c1.Cl. The summed E-state index contributed by atoms with van der Waals surface area (Å²) in [6.07, 6.45) is 4.22. The Labute approximate surface area is 182 Å². The first-order valence-electron chi connectivity index (χ1n) is 9.83. The van der Waals surface area contributed by atoms with E-state index in [1.807, 2.05) is 18.2 Å². The molecule has 2 heterocycles. The van der Waals surface area contributed by atoms with Crippen LogP contribution in [0.4, 0.5) is 0 Å². The molecule has 1 fully saturated rings. The molecular weight excluding hydrogens is 406 g/mol. The van der Waals surface area contributed by atoms with Gasteiger partial charge in [0.05, 0.1) is 19.8 Å². The zero-order chi connectivity index (χ0) is 20.2. The Morgan fingerprint density at radius 2 is 1.80 bits per heavy atom. The lowest BCUT2D eigenvalue weighted by molar-refractivity contribution is 0.101. The highest BCUT2D eigenvalue weighted by molar-refractivity contribution is 6.14. The number of nitrogens with zero attached hydrogens (tertiary/aromatic N) is 1. The van der Waals surface area contributed by atoms with Crippen LogP contribution in [0, 0.1) is 0 Å². The van der Waals surface area contributed by atoms with Crippen molar-refractivity contribution in [3.05, 3.63) is 53.3 Å². The highest BCUT2D eigenvalue weighted by atomic mass is 35.5. The van der Waals surface area contributed by atoms with Crippen LogP contribution in [0.2, 0.25) is 0 Å². The summed E-state index contributed by atoms with van der Waals surface area (Å²) < 4.78 is 22.3. The second-order valence-electron chi connectivity index (χ2n) is 7.10. The van der Waals surface area contributed by atoms with Crippen molar-refractivity contribution in [1.29, 1.82) is 0 Å². The van der Waals surface area contributed by atoms with E-state index < -0.39 is 0 Å². The number of allylic oxidation sites excluding steroid dienone is 1. The number of Topliss-reactive ketones (excluding diaryl/α,β-unsaturated/α-hetero) is 1. The second kappa shape index (κ2) is 9.87. The predicted octanol–water partition coefficient (Wildman–Crippen LogP) is 4.22. The topological polar surface area (TPSA) is 57.2 Å². The van der Waals surface area contributed by atoms with Gasteiger partial charge in [-0.2, -0.15) is 0 Å². The molecule has 2 aromatic carbocycles. The van der Waals surface area contributed by atoms with Crippen LogP contribution in [0.1, 0.15) is 28.8 Å². The molecule has 7 heteroatoms. The van der Waals surface area contributed by atoms with Crippen molar-refractivity contribution in [3.63, 3.8) is 0 Å². The molecule has 0 amide bonds. The summed E-state index contributed by atoms with van der Waals surface area (Å²) in [6, 6.07) is 10.8. The molecule has 30 heavy (non-hydrogen) atoms. The minimum absolute atomic E-state index is 0. The normalized spacial score (nSPS) is 16.7. The summed E-state index contributed by atoms with van der Waals surface area (Å²) in [4.78, 5) is 15.1. The number of methoxy groups -OCH3 is 2. The zero-order valence-corrected chi connectivity index (χ0v) is 18.0. The van der Waals surface area contributed by atoms with Crippen molar-refractivity contribution in [2.75, 3.05) is 40.5 Å². The van der Waals surface area contributed by atoms with Crippen LogP contribution in [-0.4, -0.2) is 51.1 Å². The van der Waals surface area contributed by atoms with E-state index in [9.17, 15) is 4.79 Å². The van der Waals surface area contributed by atoms with Crippen LogP contribution in [-0.2, 0) is 0 Å². The first-order valence-corrected chi connectivity index (χ1v) is 9.83. The molecule has 160 valence electrons. The molecule has 0 aromatic heterocycles. The summed E-state index contributed by atoms with van der Waals surface area (Å²) in [6.45, 7) is 3.83. The van der Waals surface area contributed by atoms with E-state index in [2.05, 4.69) is 4.90 Å². The lowest BCUT2D eigenvalue weighted by Gasteiger charge is -2.15. The van der Waals surface area contributed by atoms with E-state index in [0.717, 1.165) is 25.2 Å². The average Bonchev–Trinajstić information content (AvgIpc) is 3.36. The molecule has 0 saturated carbocycles. The fourth-order valence-electron chi connectivity index (χ4n) is 3.63. The molecule has 2 aliphatic rings. The zero-order valence-electron chi connectivity index (χ0n) is 17.2. The maximum atomic E-state index is 12.7. The molecule has 0 bridgehead atoms. The minimum atomic E-state index is -0.151. The summed E-state index contributed by atoms with van der Waals surface area (Å²) in [5.41, 5.74) is 1.28. The molecule has 0 spiro atoms. The molecule has 0 unspecified atom stereocenters. The third-order valence-corrected chi connectivity index (χ3v) is 5.24. The van der Waals surface area contributed by atoms with Gasteiger partial charge in [0.15, 0.2) is 5.76 Å². The van der Waals surface area contributed by atoms with E-state index in [1.165, 1.54) is 12.8 Å². The Morgan fingerprint density at radius 3 is 2.53 bits per heavy atom. The molecule has 2 aromatic rings. The van der Waals surface area contributed by atoms with Crippen molar-refractivity contribution >= 4 is 24.3 Å². The van der Waals surface area contributed by atoms with Crippen molar-refractivity contribution < 1.29 is 23.7 Å². The quantitative estimate of drug-likeness (QED) is 0.612. The van der Waals surface area contributed by atoms with Crippen molar-refractivity contribution in [2.45, 2.75) is 12.8 Å². The number of halogens is 1. The van der Waals surface area contributed by atoms with Crippen LogP contribution < -0.4 is 18.9 Å². The fourth-order valence-corrected chi connectivity index (χ4v) is 3.63. The van der Waals surface area contributed by atoms with Gasteiger partial charge in [-0.05, 0) is 56.3 Å². The van der Waals surface area contributed by atoms with E-state index >= 15 is 0 Å². The van der Waals surface area contributed by atoms with Gasteiger partial charge in [-0.1, -0.05) is 0 Å². The van der Waals surface area contributed by atoms with E-state index in [0.29, 0.717) is 35.2 Å². The van der Waals surface area contributed by atoms with Crippen LogP contribution in [0.15, 0.2) is 42.2 Å². The average molecular weight is 432 g/mol. The summed E-state index contributed by atoms with van der Waals surface area (Å²) in [5, 5.41) is 0. The number of rotatable bonds is 7. The minimum Gasteiger partial charge on any atom is -0.497 e. The van der Waals surface area contributed by atoms with Crippen molar-refractivity contribution in [3.8, 4) is 23.0 Å². The molecule has 4 rings (SSSR count). The number of hydrogen-bond acceptors (Lipinski definition) is 6. The fraction of sp³-hybridized carbons (Fsp3) is 0.348. The van der Waals surface area contributed by atoms with E-state index in [-0.39, 0.29) is 23.9 Å². The number of fused-ring (bicyclic) bond motifs is 1. The Morgan fingerprint density at radius 1 is 1.03 bits per heavy atom. The smallest absolute Gasteiger partial charge is 0.231 e. The third-order valence-electron chi connectivity index (χ3n) is 5.24. The highest BCUT2D eigenvalue weighted by Gasteiger charge is 2.28. The Bertz CT molecular complexity index is 937. The Kier molecular flexibility index (Phi) is 7.24. The molecule has 0 radical (unpaired) electrons. The standard InChI is InChI=1S/C23H25NO5.ClH/c1-26-17-6-5-16(20(14-17)27-2)13-22-23(25)19-8-7-18(15-21(19)29-22)28-12-11-24-9-3-4-10-24;/h5-8,13-15H,3-4,9-12H2,1-2H3;1H/b22-13-;. The van der Waals surface area contributed by atoms with Gasteiger partial charge in [0.2, 0.25) is 5.78 Å². The largest absolute Gasteiger partial charge is 0.497 e. The van der Waals surface area contributed by atoms with E-state index in [1.54, 1.807) is 38.5 Å². The van der Waals surface area contributed by atoms with Crippen LogP contribution >= 0.6 is 12.4 Å². The van der Waals surface area contributed by atoms with Gasteiger partial charge in [-0.3, -0.25) is 9.69 Å². The maximum Gasteiger partial charge on any atom is 0.231 e. The summed E-state index contributed by atoms with van der Waals surface area (Å²) >= 11 is 0. The molecular formula is C23H26ClNO5. The first kappa shape index (κ1) is 22.0. The number of ketones is 1. The van der Waals surface area contributed by atoms with Gasteiger partial charge in [0.25, 0.3) is 0 Å². The van der Waals surface area contributed by atoms with Gasteiger partial charge in [0.1, 0.15) is 29.6 Å². The van der Waals surface area contributed by atoms with Gasteiger partial charge in [-0.15, -0.1) is 12.4 Å². The molecule has 1 saturated heterocycles. The van der Waals surface area contributed by atoms with Gasteiger partial charge in [0, 0.05) is 24.2 Å². The van der Waals surface area contributed by atoms with Crippen molar-refractivity contribution in [2.24, 2.45) is 0 Å². The predicted molar refractivity (Wildman–Crippen MR) is 117 cm³/mol. The molecule has 2 aliphatic heterocycles. The number of benzene rings is 2. The first-order chi connectivity index (χ1) is 14.2. The lowest BCUT2D eigenvalue weighted by atomic mass is 10.1.